The third kappa shape index (κ3) is 2.00. The van der Waals surface area contributed by atoms with Crippen LogP contribution in [0, 0.1) is 0 Å². The number of hydrogen-bond donors (Lipinski definition) is 1. The van der Waals surface area contributed by atoms with Gasteiger partial charge < -0.3 is 10.5 Å². The summed E-state index contributed by atoms with van der Waals surface area (Å²) in [6.45, 7) is 0. The Hall–Kier alpha value is -1.97. The molecule has 0 spiro atoms. The van der Waals surface area contributed by atoms with Gasteiger partial charge in [-0.3, -0.25) is 4.68 Å². The van der Waals surface area contributed by atoms with Gasteiger partial charge in [0.2, 0.25) is 0 Å². The maximum absolute atomic E-state index is 5.88. The minimum Gasteiger partial charge on any atom is -0.497 e. The van der Waals surface area contributed by atoms with Crippen LogP contribution in [0.1, 0.15) is 11.1 Å². The van der Waals surface area contributed by atoms with Crippen LogP contribution in [-0.4, -0.2) is 16.9 Å². The molecule has 1 heterocycles. The molecule has 0 atom stereocenters. The normalized spacial score (nSPS) is 10.4. The van der Waals surface area contributed by atoms with E-state index in [1.54, 1.807) is 18.0 Å². The number of ether oxygens (including phenoxy) is 1. The van der Waals surface area contributed by atoms with Gasteiger partial charge in [-0.1, -0.05) is 12.1 Å². The third-order valence-corrected chi connectivity index (χ3v) is 2.62. The molecular formula is C12H15N3O. The Morgan fingerprint density at radius 3 is 2.50 bits per heavy atom. The molecule has 2 aromatic rings. The fraction of sp³-hybridized carbons (Fsp3) is 0.250. The van der Waals surface area contributed by atoms with Crippen molar-refractivity contribution in [2.45, 2.75) is 6.42 Å². The van der Waals surface area contributed by atoms with Crippen molar-refractivity contribution in [2.24, 2.45) is 7.05 Å². The van der Waals surface area contributed by atoms with Gasteiger partial charge in [0.25, 0.3) is 0 Å². The number of rotatable bonds is 3. The summed E-state index contributed by atoms with van der Waals surface area (Å²) in [5.41, 5.74) is 8.13. The standard InChI is InChI=1S/C12H15N3O/c1-15-12(13)10(8-14-15)7-9-3-5-11(16-2)6-4-9/h3-6,8H,7,13H2,1-2H3. The summed E-state index contributed by atoms with van der Waals surface area (Å²) < 4.78 is 6.79. The lowest BCUT2D eigenvalue weighted by molar-refractivity contribution is 0.414. The molecule has 84 valence electrons. The molecule has 0 unspecified atom stereocenters. The predicted molar refractivity (Wildman–Crippen MR) is 63.4 cm³/mol. The average molecular weight is 217 g/mol. The van der Waals surface area contributed by atoms with Crippen LogP contribution in [-0.2, 0) is 13.5 Å². The number of aryl methyl sites for hydroxylation is 1. The minimum atomic E-state index is 0.718. The summed E-state index contributed by atoms with van der Waals surface area (Å²) in [6, 6.07) is 7.96. The maximum atomic E-state index is 5.88. The van der Waals surface area contributed by atoms with Gasteiger partial charge in [-0.15, -0.1) is 0 Å². The van der Waals surface area contributed by atoms with Gasteiger partial charge in [-0.25, -0.2) is 0 Å². The van der Waals surface area contributed by atoms with Crippen molar-refractivity contribution in [3.63, 3.8) is 0 Å². The SMILES string of the molecule is COc1ccc(Cc2cnn(C)c2N)cc1. The van der Waals surface area contributed by atoms with E-state index in [0.717, 1.165) is 23.6 Å². The predicted octanol–water partition coefficient (Wildman–Crippen LogP) is 1.60. The number of nitrogen functional groups attached to an aromatic ring is 1. The highest BCUT2D eigenvalue weighted by molar-refractivity contribution is 5.42. The van der Waals surface area contributed by atoms with Crippen LogP contribution < -0.4 is 10.5 Å². The van der Waals surface area contributed by atoms with E-state index >= 15 is 0 Å². The lowest BCUT2D eigenvalue weighted by Gasteiger charge is -2.03. The summed E-state index contributed by atoms with van der Waals surface area (Å²) in [7, 11) is 3.50. The Labute approximate surface area is 94.6 Å². The number of methoxy groups -OCH3 is 1. The van der Waals surface area contributed by atoms with E-state index in [4.69, 9.17) is 10.5 Å². The lowest BCUT2D eigenvalue weighted by atomic mass is 10.1. The zero-order chi connectivity index (χ0) is 11.5. The van der Waals surface area contributed by atoms with Crippen LogP contribution in [0.2, 0.25) is 0 Å². The summed E-state index contributed by atoms with van der Waals surface area (Å²) >= 11 is 0. The number of hydrogen-bond acceptors (Lipinski definition) is 3. The first-order valence-corrected chi connectivity index (χ1v) is 5.10. The van der Waals surface area contributed by atoms with Crippen molar-refractivity contribution in [1.29, 1.82) is 0 Å². The summed E-state index contributed by atoms with van der Waals surface area (Å²) in [5, 5.41) is 4.11. The van der Waals surface area contributed by atoms with Crippen LogP contribution in [0.25, 0.3) is 0 Å². The van der Waals surface area contributed by atoms with Crippen molar-refractivity contribution in [3.05, 3.63) is 41.6 Å². The molecule has 0 aliphatic rings. The van der Waals surface area contributed by atoms with E-state index in [0.29, 0.717) is 0 Å². The topological polar surface area (TPSA) is 53.1 Å². The first-order chi connectivity index (χ1) is 7.70. The molecule has 2 rings (SSSR count). The molecule has 2 N–H and O–H groups in total. The number of nitrogens with zero attached hydrogens (tertiary/aromatic N) is 2. The lowest BCUT2D eigenvalue weighted by Crippen LogP contribution is -2.00. The Kier molecular flexibility index (Phi) is 2.81. The van der Waals surface area contributed by atoms with Crippen LogP contribution in [0.3, 0.4) is 0 Å². The molecule has 0 saturated carbocycles. The molecule has 0 aliphatic heterocycles. The number of benzene rings is 1. The molecular weight excluding hydrogens is 202 g/mol. The van der Waals surface area contributed by atoms with E-state index in [2.05, 4.69) is 5.10 Å². The second-order valence-corrected chi connectivity index (χ2v) is 3.70. The van der Waals surface area contributed by atoms with Crippen molar-refractivity contribution in [1.82, 2.24) is 9.78 Å². The van der Waals surface area contributed by atoms with Gasteiger partial charge >= 0.3 is 0 Å². The second kappa shape index (κ2) is 4.26. The highest BCUT2D eigenvalue weighted by atomic mass is 16.5. The van der Waals surface area contributed by atoms with Crippen LogP contribution >= 0.6 is 0 Å². The fourth-order valence-corrected chi connectivity index (χ4v) is 1.59. The van der Waals surface area contributed by atoms with E-state index in [1.807, 2.05) is 31.3 Å². The number of aromatic nitrogens is 2. The molecule has 0 radical (unpaired) electrons. The molecule has 4 nitrogen and oxygen atoms in total. The van der Waals surface area contributed by atoms with Gasteiger partial charge in [0.15, 0.2) is 0 Å². The van der Waals surface area contributed by atoms with E-state index in [1.165, 1.54) is 5.56 Å². The number of nitrogens with two attached hydrogens (primary N) is 1. The summed E-state index contributed by atoms with van der Waals surface area (Å²) in [6.07, 6.45) is 2.60. The van der Waals surface area contributed by atoms with Crippen LogP contribution in [0.15, 0.2) is 30.5 Å². The Morgan fingerprint density at radius 2 is 2.00 bits per heavy atom. The van der Waals surface area contributed by atoms with E-state index in [9.17, 15) is 0 Å². The highest BCUT2D eigenvalue weighted by Crippen LogP contribution is 2.17. The van der Waals surface area contributed by atoms with Crippen molar-refractivity contribution in [2.75, 3.05) is 12.8 Å². The summed E-state index contributed by atoms with van der Waals surface area (Å²) in [5.74, 6) is 1.58. The third-order valence-electron chi connectivity index (χ3n) is 2.62. The van der Waals surface area contributed by atoms with Crippen LogP contribution in [0.5, 0.6) is 5.75 Å². The fourth-order valence-electron chi connectivity index (χ4n) is 1.59. The Bertz CT molecular complexity index is 474. The summed E-state index contributed by atoms with van der Waals surface area (Å²) in [4.78, 5) is 0. The number of anilines is 1. The van der Waals surface area contributed by atoms with Crippen LogP contribution in [0.4, 0.5) is 5.82 Å². The molecule has 16 heavy (non-hydrogen) atoms. The van der Waals surface area contributed by atoms with Gasteiger partial charge in [0, 0.05) is 19.0 Å². The van der Waals surface area contributed by atoms with E-state index in [-0.39, 0.29) is 0 Å². The first kappa shape index (κ1) is 10.5. The van der Waals surface area contributed by atoms with Gasteiger partial charge in [0.1, 0.15) is 11.6 Å². The molecule has 4 heteroatoms. The first-order valence-electron chi connectivity index (χ1n) is 5.10. The Morgan fingerprint density at radius 1 is 1.31 bits per heavy atom. The van der Waals surface area contributed by atoms with Crippen molar-refractivity contribution < 1.29 is 4.74 Å². The molecule has 0 amide bonds. The molecule has 1 aromatic heterocycles. The van der Waals surface area contributed by atoms with Gasteiger partial charge in [-0.05, 0) is 17.7 Å². The molecule has 1 aromatic carbocycles. The largest absolute Gasteiger partial charge is 0.497 e. The average Bonchev–Trinajstić information content (AvgIpc) is 2.62. The Balaban J connectivity index is 2.17. The van der Waals surface area contributed by atoms with Crippen molar-refractivity contribution in [3.8, 4) is 5.75 Å². The minimum absolute atomic E-state index is 0.718. The molecule has 0 fully saturated rings. The van der Waals surface area contributed by atoms with Crippen molar-refractivity contribution >= 4 is 5.82 Å². The molecule has 0 aliphatic carbocycles. The van der Waals surface area contributed by atoms with Gasteiger partial charge in [-0.2, -0.15) is 5.10 Å². The second-order valence-electron chi connectivity index (χ2n) is 3.70. The smallest absolute Gasteiger partial charge is 0.124 e. The quantitative estimate of drug-likeness (QED) is 0.849. The van der Waals surface area contributed by atoms with Gasteiger partial charge in [0.05, 0.1) is 13.3 Å². The maximum Gasteiger partial charge on any atom is 0.124 e. The molecule has 0 saturated heterocycles. The highest BCUT2D eigenvalue weighted by Gasteiger charge is 2.05. The monoisotopic (exact) mass is 217 g/mol. The zero-order valence-electron chi connectivity index (χ0n) is 9.47. The van der Waals surface area contributed by atoms with E-state index < -0.39 is 0 Å². The molecule has 0 bridgehead atoms. The zero-order valence-corrected chi connectivity index (χ0v) is 9.47.